The van der Waals surface area contributed by atoms with Crippen LogP contribution in [0.2, 0.25) is 0 Å². The van der Waals surface area contributed by atoms with Gasteiger partial charge in [-0.25, -0.2) is 4.98 Å². The predicted molar refractivity (Wildman–Crippen MR) is 210 cm³/mol. The molecule has 1 aliphatic heterocycles. The first-order valence-electron chi connectivity index (χ1n) is 17.4. The van der Waals surface area contributed by atoms with Crippen LogP contribution in [-0.4, -0.2) is 9.55 Å². The van der Waals surface area contributed by atoms with Crippen LogP contribution in [0.15, 0.2) is 170 Å². The van der Waals surface area contributed by atoms with Gasteiger partial charge in [0.05, 0.1) is 28.1 Å². The van der Waals surface area contributed by atoms with Gasteiger partial charge in [0.1, 0.15) is 5.82 Å². The topological polar surface area (TPSA) is 21.1 Å². The van der Waals surface area contributed by atoms with Crippen molar-refractivity contribution in [2.45, 2.75) is 13.3 Å². The van der Waals surface area contributed by atoms with E-state index in [1.165, 1.54) is 60.6 Å². The molecule has 1 aromatic heterocycles. The van der Waals surface area contributed by atoms with Gasteiger partial charge in [0, 0.05) is 17.7 Å². The van der Waals surface area contributed by atoms with Crippen LogP contribution in [0, 0.1) is 0 Å². The predicted octanol–water partition coefficient (Wildman–Crippen LogP) is 12.7. The fraction of sp³-hybridized carbons (Fsp3) is 0.0426. The van der Waals surface area contributed by atoms with E-state index in [0.717, 1.165) is 40.3 Å². The smallest absolute Gasteiger partial charge is 0.114 e. The Morgan fingerprint density at radius 2 is 1.02 bits per heavy atom. The molecule has 50 heavy (non-hydrogen) atoms. The van der Waals surface area contributed by atoms with Crippen LogP contribution < -0.4 is 4.90 Å². The monoisotopic (exact) mass is 639 g/mol. The van der Waals surface area contributed by atoms with Gasteiger partial charge < -0.3 is 4.90 Å². The Kier molecular flexibility index (Phi) is 6.47. The highest BCUT2D eigenvalue weighted by Crippen LogP contribution is 2.50. The van der Waals surface area contributed by atoms with E-state index in [9.17, 15) is 0 Å². The molecule has 0 spiro atoms. The van der Waals surface area contributed by atoms with Crippen molar-refractivity contribution in [1.29, 1.82) is 0 Å². The fourth-order valence-electron chi connectivity index (χ4n) is 8.18. The molecule has 3 nitrogen and oxygen atoms in total. The average Bonchev–Trinajstić information content (AvgIpc) is 3.57. The lowest BCUT2D eigenvalue weighted by Crippen LogP contribution is -2.19. The second-order valence-electron chi connectivity index (χ2n) is 13.0. The van der Waals surface area contributed by atoms with Crippen LogP contribution in [0.4, 0.5) is 17.1 Å². The van der Waals surface area contributed by atoms with Gasteiger partial charge in [-0.1, -0.05) is 140 Å². The van der Waals surface area contributed by atoms with Crippen molar-refractivity contribution in [1.82, 2.24) is 9.55 Å². The number of rotatable bonds is 5. The van der Waals surface area contributed by atoms with Gasteiger partial charge in [0.15, 0.2) is 0 Å². The Morgan fingerprint density at radius 1 is 0.480 bits per heavy atom. The van der Waals surface area contributed by atoms with Crippen molar-refractivity contribution in [3.63, 3.8) is 0 Å². The summed E-state index contributed by atoms with van der Waals surface area (Å²) >= 11 is 0. The normalized spacial score (nSPS) is 12.1. The minimum Gasteiger partial charge on any atom is -0.306 e. The van der Waals surface area contributed by atoms with E-state index in [-0.39, 0.29) is 0 Å². The third kappa shape index (κ3) is 4.20. The summed E-state index contributed by atoms with van der Waals surface area (Å²) in [7, 11) is 0. The average molecular weight is 640 g/mol. The molecule has 0 saturated heterocycles. The molecular weight excluding hydrogens is 607 g/mol. The summed E-state index contributed by atoms with van der Waals surface area (Å²) in [4.78, 5) is 7.57. The lowest BCUT2D eigenvalue weighted by Gasteiger charge is -2.34. The highest BCUT2D eigenvalue weighted by atomic mass is 15.2. The molecule has 0 amide bonds. The third-order valence-electron chi connectivity index (χ3n) is 10.2. The zero-order valence-electron chi connectivity index (χ0n) is 27.7. The van der Waals surface area contributed by atoms with E-state index in [0.29, 0.717) is 0 Å². The highest BCUT2D eigenvalue weighted by Gasteiger charge is 2.30. The quantitative estimate of drug-likeness (QED) is 0.175. The molecule has 0 bridgehead atoms. The summed E-state index contributed by atoms with van der Waals surface area (Å²) < 4.78 is 2.42. The Labute approximate surface area is 291 Å². The number of fused-ring (bicyclic) bond motifs is 4. The van der Waals surface area contributed by atoms with E-state index < -0.39 is 0 Å². The molecule has 1 aliphatic rings. The number of nitrogens with zero attached hydrogens (tertiary/aromatic N) is 3. The van der Waals surface area contributed by atoms with E-state index >= 15 is 0 Å². The summed E-state index contributed by atoms with van der Waals surface area (Å²) in [6, 6.07) is 61.6. The Balaban J connectivity index is 1.25. The van der Waals surface area contributed by atoms with Crippen molar-refractivity contribution >= 4 is 49.6 Å². The number of aromatic nitrogens is 2. The second-order valence-corrected chi connectivity index (χ2v) is 13.0. The maximum absolute atomic E-state index is 5.17. The summed E-state index contributed by atoms with van der Waals surface area (Å²) in [6.45, 7) is 2.20. The molecule has 8 aromatic carbocycles. The molecule has 2 heterocycles. The number of anilines is 3. The Morgan fingerprint density at radius 3 is 1.70 bits per heavy atom. The first-order chi connectivity index (χ1) is 24.8. The number of hydrogen-bond donors (Lipinski definition) is 0. The van der Waals surface area contributed by atoms with Gasteiger partial charge in [-0.05, 0) is 85.8 Å². The van der Waals surface area contributed by atoms with E-state index in [2.05, 4.69) is 186 Å². The molecule has 0 N–H and O–H groups in total. The maximum atomic E-state index is 5.17. The van der Waals surface area contributed by atoms with E-state index in [4.69, 9.17) is 4.98 Å². The minimum atomic E-state index is 0.832. The fourth-order valence-corrected chi connectivity index (χ4v) is 8.18. The largest absolute Gasteiger partial charge is 0.306 e. The Hall–Kier alpha value is -6.45. The summed E-state index contributed by atoms with van der Waals surface area (Å²) in [5.74, 6) is 1.07. The lowest BCUT2D eigenvalue weighted by molar-refractivity contribution is 0.901. The van der Waals surface area contributed by atoms with Gasteiger partial charge in [-0.15, -0.1) is 0 Å². The molecule has 0 aliphatic carbocycles. The van der Waals surface area contributed by atoms with Crippen LogP contribution >= 0.6 is 0 Å². The first kappa shape index (κ1) is 28.6. The summed E-state index contributed by atoms with van der Waals surface area (Å²) in [5.41, 5.74) is 14.1. The van der Waals surface area contributed by atoms with Crippen LogP contribution in [0.25, 0.3) is 71.6 Å². The van der Waals surface area contributed by atoms with Crippen molar-refractivity contribution in [3.05, 3.63) is 176 Å². The number of hydrogen-bond acceptors (Lipinski definition) is 2. The van der Waals surface area contributed by atoms with Gasteiger partial charge >= 0.3 is 0 Å². The SMILES string of the molecule is CCc1nc2cccc3c2n1-c1c(-c2cccc(-c4c5ccccc5c(-c5ccccc5)c5ccccc45)c2)cccc1N3c1ccccc1. The number of imidazole rings is 1. The van der Waals surface area contributed by atoms with Gasteiger partial charge in [-0.3, -0.25) is 4.57 Å². The molecule has 0 atom stereocenters. The Bertz CT molecular complexity index is 2680. The molecular formula is C47H33N3. The minimum absolute atomic E-state index is 0.832. The second kappa shape index (κ2) is 11.3. The molecule has 0 unspecified atom stereocenters. The molecule has 0 radical (unpaired) electrons. The van der Waals surface area contributed by atoms with Crippen molar-refractivity contribution < 1.29 is 0 Å². The molecule has 10 rings (SSSR count). The zero-order chi connectivity index (χ0) is 33.2. The molecule has 3 heteroatoms. The molecule has 236 valence electrons. The van der Waals surface area contributed by atoms with Crippen molar-refractivity contribution in [2.24, 2.45) is 0 Å². The summed E-state index contributed by atoms with van der Waals surface area (Å²) in [6.07, 6.45) is 0.832. The zero-order valence-corrected chi connectivity index (χ0v) is 27.7. The van der Waals surface area contributed by atoms with E-state index in [1.54, 1.807) is 0 Å². The van der Waals surface area contributed by atoms with Crippen LogP contribution in [0.3, 0.4) is 0 Å². The van der Waals surface area contributed by atoms with E-state index in [1.807, 2.05) is 0 Å². The highest BCUT2D eigenvalue weighted by molar-refractivity contribution is 6.21. The van der Waals surface area contributed by atoms with Gasteiger partial charge in [0.2, 0.25) is 0 Å². The molecule has 0 fully saturated rings. The molecule has 9 aromatic rings. The van der Waals surface area contributed by atoms with Crippen LogP contribution in [0.1, 0.15) is 12.7 Å². The lowest BCUT2D eigenvalue weighted by atomic mass is 9.85. The first-order valence-corrected chi connectivity index (χ1v) is 17.4. The maximum Gasteiger partial charge on any atom is 0.114 e. The van der Waals surface area contributed by atoms with Gasteiger partial charge in [-0.2, -0.15) is 0 Å². The van der Waals surface area contributed by atoms with Gasteiger partial charge in [0.25, 0.3) is 0 Å². The van der Waals surface area contributed by atoms with Crippen molar-refractivity contribution in [3.8, 4) is 39.1 Å². The standard InChI is InChI=1S/C47H33N3/c1-2-43-48-40-27-15-29-42-47(40)50(43)46-35(26-14-28-41(46)49(42)34-20-7-4-8-21-34)32-18-13-19-33(30-32)45-38-24-11-9-22-36(38)44(31-16-5-3-6-17-31)37-23-10-12-25-39(37)45/h3-30H,2H2,1H3. The number of aryl methyl sites for hydroxylation is 1. The third-order valence-corrected chi connectivity index (χ3v) is 10.2. The van der Waals surface area contributed by atoms with Crippen molar-refractivity contribution in [2.75, 3.05) is 4.90 Å². The summed E-state index contributed by atoms with van der Waals surface area (Å²) in [5, 5.41) is 5.04. The number of para-hydroxylation sites is 3. The molecule has 0 saturated carbocycles. The number of benzene rings is 8. The van der Waals surface area contributed by atoms with Crippen LogP contribution in [-0.2, 0) is 6.42 Å². The van der Waals surface area contributed by atoms with Crippen LogP contribution in [0.5, 0.6) is 0 Å².